The molecule has 90 valence electrons. The second-order valence-corrected chi connectivity index (χ2v) is 4.76. The van der Waals surface area contributed by atoms with Crippen molar-refractivity contribution >= 4 is 6.08 Å². The van der Waals surface area contributed by atoms with Gasteiger partial charge in [0.2, 0.25) is 0 Å². The Kier molecular flexibility index (Phi) is 2.77. The second-order valence-electron chi connectivity index (χ2n) is 4.76. The van der Waals surface area contributed by atoms with E-state index in [-0.39, 0.29) is 0 Å². The van der Waals surface area contributed by atoms with Gasteiger partial charge in [0.05, 0.1) is 0 Å². The van der Waals surface area contributed by atoms with Gasteiger partial charge in [-0.3, -0.25) is 0 Å². The molecule has 1 atom stereocenters. The van der Waals surface area contributed by atoms with Crippen molar-refractivity contribution in [3.8, 4) is 0 Å². The molecule has 2 aromatic carbocycles. The van der Waals surface area contributed by atoms with E-state index in [1.807, 2.05) is 24.3 Å². The molecule has 1 unspecified atom stereocenters. The fraction of sp³-hybridized carbons (Fsp3) is 0.176. The van der Waals surface area contributed by atoms with E-state index in [4.69, 9.17) is 0 Å². The van der Waals surface area contributed by atoms with E-state index in [1.54, 1.807) is 0 Å². The predicted molar refractivity (Wildman–Crippen MR) is 74.4 cm³/mol. The highest BCUT2D eigenvalue weighted by molar-refractivity contribution is 5.53. The topological polar surface area (TPSA) is 20.2 Å². The minimum Gasteiger partial charge on any atom is -0.384 e. The number of aryl methyl sites for hydroxylation is 2. The van der Waals surface area contributed by atoms with Crippen molar-refractivity contribution in [2.24, 2.45) is 0 Å². The summed E-state index contributed by atoms with van der Waals surface area (Å²) in [7, 11) is 0. The number of benzene rings is 2. The highest BCUT2D eigenvalue weighted by Crippen LogP contribution is 2.32. The number of fused-ring (bicyclic) bond motifs is 2. The fourth-order valence-electron chi connectivity index (χ4n) is 2.69. The SMILES string of the molecule is C=Cc1ccc2c(c1)C(O)c1ccccc1CC2. The summed E-state index contributed by atoms with van der Waals surface area (Å²) in [5.74, 6) is 0. The smallest absolute Gasteiger partial charge is 0.105 e. The summed E-state index contributed by atoms with van der Waals surface area (Å²) in [4.78, 5) is 0. The molecular formula is C17H16O. The van der Waals surface area contributed by atoms with Crippen LogP contribution < -0.4 is 0 Å². The van der Waals surface area contributed by atoms with Crippen LogP contribution >= 0.6 is 0 Å². The minimum absolute atomic E-state index is 0.515. The van der Waals surface area contributed by atoms with Crippen LogP contribution in [0, 0.1) is 0 Å². The van der Waals surface area contributed by atoms with Gasteiger partial charge in [-0.05, 0) is 46.7 Å². The summed E-state index contributed by atoms with van der Waals surface area (Å²) in [5.41, 5.74) is 5.62. The molecule has 1 N–H and O–H groups in total. The molecule has 2 aromatic rings. The van der Waals surface area contributed by atoms with Gasteiger partial charge in [0.25, 0.3) is 0 Å². The molecule has 3 rings (SSSR count). The predicted octanol–water partition coefficient (Wildman–Crippen LogP) is 3.51. The third kappa shape index (κ3) is 1.77. The van der Waals surface area contributed by atoms with E-state index in [9.17, 15) is 5.11 Å². The van der Waals surface area contributed by atoms with Gasteiger partial charge < -0.3 is 5.11 Å². The standard InChI is InChI=1S/C17H16O/c1-2-12-7-8-14-10-9-13-5-3-4-6-15(13)17(18)16(14)11-12/h2-8,11,17-18H,1,9-10H2. The number of aliphatic hydroxyl groups is 1. The van der Waals surface area contributed by atoms with Crippen LogP contribution in [0.4, 0.5) is 0 Å². The maximum Gasteiger partial charge on any atom is 0.105 e. The van der Waals surface area contributed by atoms with Crippen molar-refractivity contribution in [2.45, 2.75) is 18.9 Å². The van der Waals surface area contributed by atoms with Crippen molar-refractivity contribution in [1.82, 2.24) is 0 Å². The summed E-state index contributed by atoms with van der Waals surface area (Å²) in [5, 5.41) is 10.6. The van der Waals surface area contributed by atoms with Crippen molar-refractivity contribution < 1.29 is 5.11 Å². The third-order valence-corrected chi connectivity index (χ3v) is 3.71. The molecule has 0 spiro atoms. The Labute approximate surface area is 107 Å². The maximum absolute atomic E-state index is 10.6. The highest BCUT2D eigenvalue weighted by atomic mass is 16.3. The Morgan fingerprint density at radius 1 is 1.00 bits per heavy atom. The quantitative estimate of drug-likeness (QED) is 0.803. The first-order valence-corrected chi connectivity index (χ1v) is 6.30. The number of hydrogen-bond acceptors (Lipinski definition) is 1. The van der Waals surface area contributed by atoms with Crippen LogP contribution in [0.3, 0.4) is 0 Å². The zero-order valence-corrected chi connectivity index (χ0v) is 10.3. The van der Waals surface area contributed by atoms with Gasteiger partial charge in [0.1, 0.15) is 6.10 Å². The number of hydrogen-bond donors (Lipinski definition) is 1. The van der Waals surface area contributed by atoms with E-state index >= 15 is 0 Å². The van der Waals surface area contributed by atoms with Crippen LogP contribution in [-0.4, -0.2) is 5.11 Å². The molecule has 0 saturated carbocycles. The molecule has 0 aromatic heterocycles. The summed E-state index contributed by atoms with van der Waals surface area (Å²) in [6.07, 6.45) is 3.29. The average Bonchev–Trinajstić information content (AvgIpc) is 2.57. The van der Waals surface area contributed by atoms with E-state index in [1.165, 1.54) is 11.1 Å². The van der Waals surface area contributed by atoms with Crippen molar-refractivity contribution in [3.05, 3.63) is 76.9 Å². The minimum atomic E-state index is -0.515. The van der Waals surface area contributed by atoms with E-state index in [0.717, 1.165) is 29.5 Å². The van der Waals surface area contributed by atoms with Crippen LogP contribution in [0.25, 0.3) is 6.08 Å². The molecule has 1 nitrogen and oxygen atoms in total. The van der Waals surface area contributed by atoms with Crippen LogP contribution in [0.15, 0.2) is 49.0 Å². The first-order chi connectivity index (χ1) is 8.79. The monoisotopic (exact) mass is 236 g/mol. The summed E-state index contributed by atoms with van der Waals surface area (Å²) >= 11 is 0. The molecule has 0 heterocycles. The first kappa shape index (κ1) is 11.2. The first-order valence-electron chi connectivity index (χ1n) is 6.30. The van der Waals surface area contributed by atoms with Crippen molar-refractivity contribution in [3.63, 3.8) is 0 Å². The Morgan fingerprint density at radius 3 is 2.50 bits per heavy atom. The summed E-state index contributed by atoms with van der Waals surface area (Å²) < 4.78 is 0. The number of aliphatic hydroxyl groups excluding tert-OH is 1. The zero-order chi connectivity index (χ0) is 12.5. The van der Waals surface area contributed by atoms with Crippen LogP contribution in [0.5, 0.6) is 0 Å². The van der Waals surface area contributed by atoms with Gasteiger partial charge in [-0.2, -0.15) is 0 Å². The largest absolute Gasteiger partial charge is 0.384 e. The highest BCUT2D eigenvalue weighted by Gasteiger charge is 2.21. The summed E-state index contributed by atoms with van der Waals surface area (Å²) in [6.45, 7) is 3.79. The van der Waals surface area contributed by atoms with Crippen molar-refractivity contribution in [2.75, 3.05) is 0 Å². The molecule has 1 heteroatoms. The zero-order valence-electron chi connectivity index (χ0n) is 10.3. The Morgan fingerprint density at radius 2 is 1.72 bits per heavy atom. The Balaban J connectivity index is 2.17. The van der Waals surface area contributed by atoms with Crippen LogP contribution in [0.2, 0.25) is 0 Å². The lowest BCUT2D eigenvalue weighted by atomic mass is 9.95. The molecular weight excluding hydrogens is 220 g/mol. The van der Waals surface area contributed by atoms with E-state index < -0.39 is 6.10 Å². The molecule has 0 amide bonds. The van der Waals surface area contributed by atoms with Crippen LogP contribution in [-0.2, 0) is 12.8 Å². The average molecular weight is 236 g/mol. The van der Waals surface area contributed by atoms with Crippen molar-refractivity contribution in [1.29, 1.82) is 0 Å². The molecule has 0 fully saturated rings. The molecule has 18 heavy (non-hydrogen) atoms. The Bertz CT molecular complexity index is 598. The van der Waals surface area contributed by atoms with Gasteiger partial charge in [-0.15, -0.1) is 0 Å². The Hall–Kier alpha value is -1.86. The van der Waals surface area contributed by atoms with Gasteiger partial charge in [-0.1, -0.05) is 49.1 Å². The third-order valence-electron chi connectivity index (χ3n) is 3.71. The van der Waals surface area contributed by atoms with Gasteiger partial charge in [0.15, 0.2) is 0 Å². The molecule has 1 aliphatic carbocycles. The fourth-order valence-corrected chi connectivity index (χ4v) is 2.69. The lowest BCUT2D eigenvalue weighted by Crippen LogP contribution is -2.02. The molecule has 1 aliphatic rings. The summed E-state index contributed by atoms with van der Waals surface area (Å²) in [6, 6.07) is 14.4. The molecule has 0 radical (unpaired) electrons. The second kappa shape index (κ2) is 4.43. The normalized spacial score (nSPS) is 17.5. The van der Waals surface area contributed by atoms with E-state index in [2.05, 4.69) is 30.8 Å². The van der Waals surface area contributed by atoms with Gasteiger partial charge >= 0.3 is 0 Å². The maximum atomic E-state index is 10.6. The lowest BCUT2D eigenvalue weighted by Gasteiger charge is -2.15. The van der Waals surface area contributed by atoms with Gasteiger partial charge in [0, 0.05) is 0 Å². The molecule has 0 aliphatic heterocycles. The molecule has 0 bridgehead atoms. The lowest BCUT2D eigenvalue weighted by molar-refractivity contribution is 0.219. The van der Waals surface area contributed by atoms with E-state index in [0.29, 0.717) is 0 Å². The van der Waals surface area contributed by atoms with Crippen LogP contribution in [0.1, 0.15) is 33.9 Å². The molecule has 0 saturated heterocycles. The number of rotatable bonds is 1. The van der Waals surface area contributed by atoms with Gasteiger partial charge in [-0.25, -0.2) is 0 Å².